The first kappa shape index (κ1) is 18.1. The number of benzene rings is 1. The van der Waals surface area contributed by atoms with E-state index in [9.17, 15) is 5.11 Å². The SMILES string of the molecule is Cc1cc2nc(N3CCCC3CO)nc(Nc3cn(-c4ccccc4)cn3)c2s1. The summed E-state index contributed by atoms with van der Waals surface area (Å²) in [5.41, 5.74) is 1.97. The third-order valence-corrected chi connectivity index (χ3v) is 6.26. The number of fused-ring (bicyclic) bond motifs is 1. The Morgan fingerprint density at radius 3 is 2.93 bits per heavy atom. The average Bonchev–Trinajstić information content (AvgIpc) is 3.47. The first-order valence-electron chi connectivity index (χ1n) is 9.73. The second-order valence-corrected chi connectivity index (χ2v) is 8.50. The third-order valence-electron chi connectivity index (χ3n) is 5.21. The molecule has 1 aliphatic heterocycles. The van der Waals surface area contributed by atoms with Crippen LogP contribution in [0.2, 0.25) is 0 Å². The summed E-state index contributed by atoms with van der Waals surface area (Å²) in [6.07, 6.45) is 5.75. The molecule has 1 unspecified atom stereocenters. The van der Waals surface area contributed by atoms with Crippen LogP contribution in [0.3, 0.4) is 0 Å². The predicted molar refractivity (Wildman–Crippen MR) is 116 cm³/mol. The quantitative estimate of drug-likeness (QED) is 0.523. The Balaban J connectivity index is 1.51. The molecule has 1 atom stereocenters. The zero-order valence-corrected chi connectivity index (χ0v) is 16.9. The van der Waals surface area contributed by atoms with Crippen molar-refractivity contribution in [3.05, 3.63) is 53.8 Å². The molecule has 0 bridgehead atoms. The number of hydrogen-bond acceptors (Lipinski definition) is 7. The Bertz CT molecular complexity index is 1140. The summed E-state index contributed by atoms with van der Waals surface area (Å²) in [5.74, 6) is 2.15. The van der Waals surface area contributed by atoms with E-state index in [4.69, 9.17) is 9.97 Å². The maximum Gasteiger partial charge on any atom is 0.228 e. The summed E-state index contributed by atoms with van der Waals surface area (Å²) in [7, 11) is 0. The van der Waals surface area contributed by atoms with Crippen LogP contribution < -0.4 is 10.2 Å². The van der Waals surface area contributed by atoms with Crippen LogP contribution in [-0.4, -0.2) is 43.8 Å². The van der Waals surface area contributed by atoms with Crippen LogP contribution in [-0.2, 0) is 0 Å². The van der Waals surface area contributed by atoms with Crippen molar-refractivity contribution in [3.8, 4) is 5.69 Å². The number of imidazole rings is 1. The Labute approximate surface area is 172 Å². The van der Waals surface area contributed by atoms with Crippen molar-refractivity contribution < 1.29 is 5.11 Å². The molecule has 148 valence electrons. The number of anilines is 3. The fourth-order valence-corrected chi connectivity index (χ4v) is 4.68. The van der Waals surface area contributed by atoms with Crippen LogP contribution in [0.5, 0.6) is 0 Å². The van der Waals surface area contributed by atoms with Gasteiger partial charge in [0.15, 0.2) is 5.82 Å². The zero-order chi connectivity index (χ0) is 19.8. The molecule has 1 aromatic carbocycles. The van der Waals surface area contributed by atoms with E-state index >= 15 is 0 Å². The number of hydrogen-bond donors (Lipinski definition) is 2. The van der Waals surface area contributed by atoms with Gasteiger partial charge in [0.05, 0.1) is 29.1 Å². The van der Waals surface area contributed by atoms with Crippen molar-refractivity contribution in [2.45, 2.75) is 25.8 Å². The van der Waals surface area contributed by atoms with Gasteiger partial charge >= 0.3 is 0 Å². The standard InChI is InChI=1S/C21H22N6OS/c1-14-10-17-19(29-14)20(25-21(23-17)27-9-5-8-16(27)12-28)24-18-11-26(13-22-18)15-6-3-2-4-7-15/h2-4,6-7,10-11,13,16,28H,5,8-9,12H2,1H3,(H,23,24,25). The van der Waals surface area contributed by atoms with Crippen LogP contribution in [0, 0.1) is 6.92 Å². The van der Waals surface area contributed by atoms with Crippen LogP contribution in [0.4, 0.5) is 17.6 Å². The minimum absolute atomic E-state index is 0.0809. The van der Waals surface area contributed by atoms with Gasteiger partial charge in [0.1, 0.15) is 12.1 Å². The number of para-hydroxylation sites is 1. The lowest BCUT2D eigenvalue weighted by atomic mass is 10.2. The summed E-state index contributed by atoms with van der Waals surface area (Å²) in [6, 6.07) is 12.3. The van der Waals surface area contributed by atoms with E-state index in [1.807, 2.05) is 41.1 Å². The maximum absolute atomic E-state index is 9.71. The number of aromatic nitrogens is 4. The van der Waals surface area contributed by atoms with Crippen molar-refractivity contribution in [3.63, 3.8) is 0 Å². The molecule has 4 heterocycles. The Morgan fingerprint density at radius 2 is 2.10 bits per heavy atom. The van der Waals surface area contributed by atoms with Gasteiger partial charge in [0.25, 0.3) is 0 Å². The number of aryl methyl sites for hydroxylation is 1. The van der Waals surface area contributed by atoms with E-state index in [0.717, 1.165) is 46.9 Å². The normalized spacial score (nSPS) is 16.6. The molecule has 3 aromatic heterocycles. The molecule has 8 heteroatoms. The van der Waals surface area contributed by atoms with Gasteiger partial charge in [-0.15, -0.1) is 11.3 Å². The number of aliphatic hydroxyl groups is 1. The Hall–Kier alpha value is -2.97. The average molecular weight is 407 g/mol. The lowest BCUT2D eigenvalue weighted by Crippen LogP contribution is -2.33. The minimum Gasteiger partial charge on any atom is -0.394 e. The van der Waals surface area contributed by atoms with E-state index in [1.165, 1.54) is 4.88 Å². The van der Waals surface area contributed by atoms with Crippen molar-refractivity contribution >= 4 is 39.1 Å². The summed E-state index contributed by atoms with van der Waals surface area (Å²) in [6.45, 7) is 3.06. The highest BCUT2D eigenvalue weighted by Crippen LogP contribution is 2.34. The molecule has 1 aliphatic rings. The number of nitrogens with zero attached hydrogens (tertiary/aromatic N) is 5. The summed E-state index contributed by atoms with van der Waals surface area (Å²) in [5, 5.41) is 13.1. The van der Waals surface area contributed by atoms with Crippen molar-refractivity contribution in [2.75, 3.05) is 23.4 Å². The Kier molecular flexibility index (Phi) is 4.65. The fourth-order valence-electron chi connectivity index (χ4n) is 3.79. The third kappa shape index (κ3) is 3.45. The monoisotopic (exact) mass is 406 g/mol. The van der Waals surface area contributed by atoms with Crippen LogP contribution in [0.25, 0.3) is 15.9 Å². The number of thiophene rings is 1. The summed E-state index contributed by atoms with van der Waals surface area (Å²) >= 11 is 1.67. The highest BCUT2D eigenvalue weighted by molar-refractivity contribution is 7.19. The van der Waals surface area contributed by atoms with E-state index in [2.05, 4.69) is 28.2 Å². The molecule has 0 spiro atoms. The topological polar surface area (TPSA) is 79.1 Å². The van der Waals surface area contributed by atoms with Gasteiger partial charge in [-0.25, -0.2) is 9.97 Å². The Morgan fingerprint density at radius 1 is 1.24 bits per heavy atom. The zero-order valence-electron chi connectivity index (χ0n) is 16.1. The first-order chi connectivity index (χ1) is 14.2. The molecule has 2 N–H and O–H groups in total. The second-order valence-electron chi connectivity index (χ2n) is 7.24. The van der Waals surface area contributed by atoms with E-state index < -0.39 is 0 Å². The van der Waals surface area contributed by atoms with Gasteiger partial charge in [-0.05, 0) is 38.0 Å². The van der Waals surface area contributed by atoms with Crippen LogP contribution in [0.15, 0.2) is 48.9 Å². The largest absolute Gasteiger partial charge is 0.394 e. The lowest BCUT2D eigenvalue weighted by Gasteiger charge is -2.23. The van der Waals surface area contributed by atoms with E-state index in [1.54, 1.807) is 17.7 Å². The molecule has 0 aliphatic carbocycles. The molecule has 1 saturated heterocycles. The molecule has 29 heavy (non-hydrogen) atoms. The molecule has 1 fully saturated rings. The molecule has 0 amide bonds. The molecule has 7 nitrogen and oxygen atoms in total. The fraction of sp³-hybridized carbons (Fsp3) is 0.286. The maximum atomic E-state index is 9.71. The molecule has 4 aromatic rings. The molecule has 0 radical (unpaired) electrons. The van der Waals surface area contributed by atoms with Gasteiger partial charge < -0.3 is 19.9 Å². The van der Waals surface area contributed by atoms with Crippen LogP contribution >= 0.6 is 11.3 Å². The lowest BCUT2D eigenvalue weighted by molar-refractivity contribution is 0.265. The van der Waals surface area contributed by atoms with Crippen LogP contribution in [0.1, 0.15) is 17.7 Å². The van der Waals surface area contributed by atoms with Crippen molar-refractivity contribution in [2.24, 2.45) is 0 Å². The predicted octanol–water partition coefficient (Wildman–Crippen LogP) is 3.89. The number of aliphatic hydroxyl groups excluding tert-OH is 1. The van der Waals surface area contributed by atoms with Crippen molar-refractivity contribution in [1.29, 1.82) is 0 Å². The molecular weight excluding hydrogens is 384 g/mol. The van der Waals surface area contributed by atoms with E-state index in [-0.39, 0.29) is 12.6 Å². The van der Waals surface area contributed by atoms with Gasteiger partial charge in [-0.1, -0.05) is 18.2 Å². The second kappa shape index (κ2) is 7.46. The number of rotatable bonds is 5. The highest BCUT2D eigenvalue weighted by Gasteiger charge is 2.27. The van der Waals surface area contributed by atoms with Gasteiger partial charge in [0, 0.05) is 17.1 Å². The molecular formula is C21H22N6OS. The summed E-state index contributed by atoms with van der Waals surface area (Å²) in [4.78, 5) is 17.4. The van der Waals surface area contributed by atoms with Gasteiger partial charge in [0.2, 0.25) is 5.95 Å². The number of nitrogens with one attached hydrogen (secondary N) is 1. The van der Waals surface area contributed by atoms with Crippen molar-refractivity contribution in [1.82, 2.24) is 19.5 Å². The molecule has 0 saturated carbocycles. The smallest absolute Gasteiger partial charge is 0.228 e. The van der Waals surface area contributed by atoms with Gasteiger partial charge in [-0.2, -0.15) is 4.98 Å². The highest BCUT2D eigenvalue weighted by atomic mass is 32.1. The molecule has 5 rings (SSSR count). The summed E-state index contributed by atoms with van der Waals surface area (Å²) < 4.78 is 2.99. The minimum atomic E-state index is 0.0809. The first-order valence-corrected chi connectivity index (χ1v) is 10.5. The van der Waals surface area contributed by atoms with E-state index in [0.29, 0.717) is 5.95 Å². The van der Waals surface area contributed by atoms with Gasteiger partial charge in [-0.3, -0.25) is 0 Å².